The summed E-state index contributed by atoms with van der Waals surface area (Å²) in [5.41, 5.74) is 0. The molecule has 0 spiro atoms. The fourth-order valence-electron chi connectivity index (χ4n) is 2.65. The Morgan fingerprint density at radius 2 is 1.95 bits per heavy atom. The summed E-state index contributed by atoms with van der Waals surface area (Å²) in [5.74, 6) is 0.834. The maximum Gasteiger partial charge on any atom is 0.239 e. The van der Waals surface area contributed by atoms with E-state index in [2.05, 4.69) is 42.8 Å². The van der Waals surface area contributed by atoms with Gasteiger partial charge >= 0.3 is 0 Å². The molecule has 0 aromatic carbocycles. The Kier molecular flexibility index (Phi) is 7.39. The molecule has 1 saturated heterocycles. The van der Waals surface area contributed by atoms with Crippen LogP contribution in [-0.4, -0.2) is 61.0 Å². The first-order valence-electron chi connectivity index (χ1n) is 7.83. The van der Waals surface area contributed by atoms with Crippen LogP contribution in [0.1, 0.15) is 40.5 Å². The van der Waals surface area contributed by atoms with Gasteiger partial charge in [-0.15, -0.1) is 0 Å². The van der Waals surface area contributed by atoms with Gasteiger partial charge in [0.15, 0.2) is 0 Å². The van der Waals surface area contributed by atoms with Gasteiger partial charge in [-0.3, -0.25) is 4.79 Å². The number of likely N-dealkylation sites (N-methyl/N-ethyl adjacent to an activating group) is 1. The molecule has 0 bridgehead atoms. The number of amides is 1. The fraction of sp³-hybridized carbons (Fsp3) is 0.933. The molecule has 0 aromatic heterocycles. The number of hydrogen-bond donors (Lipinski definition) is 1. The average Bonchev–Trinajstić information content (AvgIpc) is 2.91. The van der Waals surface area contributed by atoms with E-state index in [4.69, 9.17) is 0 Å². The third-order valence-electron chi connectivity index (χ3n) is 3.84. The maximum atomic E-state index is 12.5. The summed E-state index contributed by atoms with van der Waals surface area (Å²) in [5, 5.41) is 3.32. The van der Waals surface area contributed by atoms with E-state index in [9.17, 15) is 4.79 Å². The van der Waals surface area contributed by atoms with Crippen LogP contribution in [0.3, 0.4) is 0 Å². The van der Waals surface area contributed by atoms with Gasteiger partial charge in [0, 0.05) is 19.6 Å². The molecule has 0 aliphatic carbocycles. The van der Waals surface area contributed by atoms with Crippen molar-refractivity contribution in [3.8, 4) is 0 Å². The lowest BCUT2D eigenvalue weighted by Gasteiger charge is -2.30. The van der Waals surface area contributed by atoms with Crippen LogP contribution in [0, 0.1) is 5.92 Å². The number of carbonyl (C=O) groups is 1. The number of rotatable bonds is 8. The Labute approximate surface area is 118 Å². The highest BCUT2D eigenvalue weighted by atomic mass is 16.2. The van der Waals surface area contributed by atoms with Crippen molar-refractivity contribution in [3.63, 3.8) is 0 Å². The van der Waals surface area contributed by atoms with Crippen LogP contribution in [0.25, 0.3) is 0 Å². The second-order valence-electron chi connectivity index (χ2n) is 5.85. The standard InChI is InChI=1S/C15H31N3O/c1-5-17(6-2)10-11-18(12-13(3)4)15(19)14-8-7-9-16-14/h13-14,16H,5-12H2,1-4H3/t14-/m0/s1. The van der Waals surface area contributed by atoms with E-state index in [1.165, 1.54) is 0 Å². The monoisotopic (exact) mass is 269 g/mol. The predicted molar refractivity (Wildman–Crippen MR) is 80.2 cm³/mol. The third-order valence-corrected chi connectivity index (χ3v) is 3.84. The second-order valence-corrected chi connectivity index (χ2v) is 5.85. The summed E-state index contributed by atoms with van der Waals surface area (Å²) in [7, 11) is 0. The van der Waals surface area contributed by atoms with Crippen LogP contribution in [0.5, 0.6) is 0 Å². The van der Waals surface area contributed by atoms with Crippen LogP contribution >= 0.6 is 0 Å². The highest BCUT2D eigenvalue weighted by Gasteiger charge is 2.27. The van der Waals surface area contributed by atoms with Gasteiger partial charge in [0.1, 0.15) is 0 Å². The molecule has 4 nitrogen and oxygen atoms in total. The van der Waals surface area contributed by atoms with Crippen LogP contribution in [0.2, 0.25) is 0 Å². The molecule has 1 aliphatic rings. The molecule has 0 radical (unpaired) electrons. The van der Waals surface area contributed by atoms with Gasteiger partial charge < -0.3 is 15.1 Å². The molecule has 1 N–H and O–H groups in total. The molecule has 0 aromatic rings. The van der Waals surface area contributed by atoms with Gasteiger partial charge in [0.2, 0.25) is 5.91 Å². The molecule has 0 unspecified atom stereocenters. The number of hydrogen-bond acceptors (Lipinski definition) is 3. The van der Waals surface area contributed by atoms with Gasteiger partial charge in [-0.2, -0.15) is 0 Å². The Morgan fingerprint density at radius 3 is 2.42 bits per heavy atom. The fourth-order valence-corrected chi connectivity index (χ4v) is 2.65. The number of nitrogens with zero attached hydrogens (tertiary/aromatic N) is 2. The minimum atomic E-state index is 0.0652. The number of nitrogens with one attached hydrogen (secondary N) is 1. The summed E-state index contributed by atoms with van der Waals surface area (Å²) in [6.45, 7) is 14.5. The normalized spacial score (nSPS) is 19.4. The second kappa shape index (κ2) is 8.54. The van der Waals surface area contributed by atoms with Crippen molar-refractivity contribution < 1.29 is 4.79 Å². The van der Waals surface area contributed by atoms with E-state index in [-0.39, 0.29) is 6.04 Å². The first kappa shape index (κ1) is 16.4. The Morgan fingerprint density at radius 1 is 1.26 bits per heavy atom. The van der Waals surface area contributed by atoms with Crippen molar-refractivity contribution in [1.82, 2.24) is 15.1 Å². The topological polar surface area (TPSA) is 35.6 Å². The van der Waals surface area contributed by atoms with Crippen LogP contribution in [0.4, 0.5) is 0 Å². The predicted octanol–water partition coefficient (Wildman–Crippen LogP) is 1.56. The maximum absolute atomic E-state index is 12.5. The highest BCUT2D eigenvalue weighted by molar-refractivity contribution is 5.82. The minimum Gasteiger partial charge on any atom is -0.340 e. The van der Waals surface area contributed by atoms with E-state index in [1.807, 2.05) is 0 Å². The van der Waals surface area contributed by atoms with E-state index >= 15 is 0 Å². The van der Waals surface area contributed by atoms with Crippen LogP contribution in [0.15, 0.2) is 0 Å². The molecular formula is C15H31N3O. The van der Waals surface area contributed by atoms with Gasteiger partial charge in [-0.25, -0.2) is 0 Å². The first-order valence-corrected chi connectivity index (χ1v) is 7.83. The summed E-state index contributed by atoms with van der Waals surface area (Å²) >= 11 is 0. The zero-order valence-corrected chi connectivity index (χ0v) is 13.1. The van der Waals surface area contributed by atoms with Crippen LogP contribution in [-0.2, 0) is 4.79 Å². The largest absolute Gasteiger partial charge is 0.340 e. The van der Waals surface area contributed by atoms with Crippen molar-refractivity contribution in [2.24, 2.45) is 5.92 Å². The lowest BCUT2D eigenvalue weighted by Crippen LogP contribution is -2.47. The van der Waals surface area contributed by atoms with Crippen molar-refractivity contribution in [1.29, 1.82) is 0 Å². The molecule has 4 heteroatoms. The molecule has 1 rings (SSSR count). The Hall–Kier alpha value is -0.610. The van der Waals surface area contributed by atoms with E-state index in [1.54, 1.807) is 0 Å². The minimum absolute atomic E-state index is 0.0652. The SMILES string of the molecule is CCN(CC)CCN(CC(C)C)C(=O)[C@@H]1CCCN1. The summed E-state index contributed by atoms with van der Waals surface area (Å²) in [4.78, 5) is 17.0. The molecular weight excluding hydrogens is 238 g/mol. The molecule has 19 heavy (non-hydrogen) atoms. The lowest BCUT2D eigenvalue weighted by molar-refractivity contribution is -0.133. The zero-order chi connectivity index (χ0) is 14.3. The molecule has 1 aliphatic heterocycles. The summed E-state index contributed by atoms with van der Waals surface area (Å²) in [6.07, 6.45) is 2.13. The third kappa shape index (κ3) is 5.49. The number of carbonyl (C=O) groups excluding carboxylic acids is 1. The van der Waals surface area contributed by atoms with Crippen molar-refractivity contribution in [3.05, 3.63) is 0 Å². The average molecular weight is 269 g/mol. The molecule has 1 fully saturated rings. The molecule has 112 valence electrons. The Bertz CT molecular complexity index is 258. The van der Waals surface area contributed by atoms with E-state index in [0.717, 1.165) is 52.1 Å². The molecule has 1 heterocycles. The molecule has 1 atom stereocenters. The summed E-state index contributed by atoms with van der Waals surface area (Å²) in [6, 6.07) is 0.0652. The molecule has 1 amide bonds. The quantitative estimate of drug-likeness (QED) is 0.726. The van der Waals surface area contributed by atoms with Gasteiger partial charge in [-0.1, -0.05) is 27.7 Å². The lowest BCUT2D eigenvalue weighted by atomic mass is 10.1. The van der Waals surface area contributed by atoms with Crippen molar-refractivity contribution in [2.75, 3.05) is 39.3 Å². The van der Waals surface area contributed by atoms with E-state index < -0.39 is 0 Å². The zero-order valence-electron chi connectivity index (χ0n) is 13.1. The van der Waals surface area contributed by atoms with E-state index in [0.29, 0.717) is 11.8 Å². The van der Waals surface area contributed by atoms with Gasteiger partial charge in [0.05, 0.1) is 6.04 Å². The highest BCUT2D eigenvalue weighted by Crippen LogP contribution is 2.10. The first-order chi connectivity index (χ1) is 9.08. The van der Waals surface area contributed by atoms with Gasteiger partial charge in [-0.05, 0) is 38.4 Å². The molecule has 0 saturated carbocycles. The van der Waals surface area contributed by atoms with Crippen molar-refractivity contribution in [2.45, 2.75) is 46.6 Å². The Balaban J connectivity index is 2.52. The smallest absolute Gasteiger partial charge is 0.239 e. The van der Waals surface area contributed by atoms with Crippen LogP contribution < -0.4 is 5.32 Å². The summed E-state index contributed by atoms with van der Waals surface area (Å²) < 4.78 is 0. The van der Waals surface area contributed by atoms with Gasteiger partial charge in [0.25, 0.3) is 0 Å². The van der Waals surface area contributed by atoms with Crippen molar-refractivity contribution >= 4 is 5.91 Å².